The van der Waals surface area contributed by atoms with Crippen LogP contribution in [-0.4, -0.2) is 90.8 Å². The van der Waals surface area contributed by atoms with Gasteiger partial charge in [-0.3, -0.25) is 9.59 Å². The molecule has 4 atom stereocenters. The third kappa shape index (κ3) is 8.49. The number of nitrogens with one attached hydrogen (secondary N) is 1. The van der Waals surface area contributed by atoms with Gasteiger partial charge in [0.1, 0.15) is 11.2 Å². The number of anilines is 3. The second-order valence-electron chi connectivity index (χ2n) is 15.9. The van der Waals surface area contributed by atoms with Gasteiger partial charge in [-0.1, -0.05) is 18.2 Å². The van der Waals surface area contributed by atoms with Crippen molar-refractivity contribution >= 4 is 51.3 Å². The highest BCUT2D eigenvalue weighted by atomic mass is 16.5. The number of hydrogen-bond donors (Lipinski definition) is 1. The molecule has 3 aromatic carbocycles. The Morgan fingerprint density at radius 2 is 1.23 bits per heavy atom. The van der Waals surface area contributed by atoms with Gasteiger partial charge < -0.3 is 47.8 Å². The number of carbonyl (C=O) groups excluding carboxylic acids is 2. The first kappa shape index (κ1) is 41.1. The Labute approximate surface area is 347 Å². The zero-order valence-electron chi connectivity index (χ0n) is 34.6. The minimum absolute atomic E-state index is 0.0125. The standard InChI is InChI=1S/C26H28N2O5.C20H24N2O5/c1-17-16-27(11-12-32-17)24-15-23(29)21-14-18(26(30)31-2)13-20(25(21)33-24)22-9-6-10-28(22)19-7-4-3-5-8-19;1-12-11-22(6-7-26-12)18-10-17(23)15-9-13(20(24)25-2)8-14(19(15)27-18)16-4-3-5-21-16/h3-5,7-8,13-15,17,22H,6,9-12,16H2,1-2H3;8-10,12,16,21H,3-7,11H2,1-2H3/t17-,22?;12-,16?/m11/s1. The number of rotatable bonds is 7. The summed E-state index contributed by atoms with van der Waals surface area (Å²) in [6.45, 7) is 9.66. The molecule has 0 saturated carbocycles. The fourth-order valence-corrected chi connectivity index (χ4v) is 8.84. The SMILES string of the molecule is COC(=O)c1cc(C2CCCN2)c2oc(N3CCO[C@H](C)C3)cc(=O)c2c1.COC(=O)c1cc(C2CCCN2c2ccccc2)c2oc(N3CCO[C@H](C)C3)cc(=O)c2c1. The first-order valence-corrected chi connectivity index (χ1v) is 20.8. The Bertz CT molecular complexity index is 2480. The summed E-state index contributed by atoms with van der Waals surface area (Å²) in [4.78, 5) is 57.0. The Hall–Kier alpha value is -5.70. The van der Waals surface area contributed by atoms with E-state index in [2.05, 4.69) is 27.2 Å². The molecule has 0 spiro atoms. The minimum Gasteiger partial charge on any atom is -0.465 e. The van der Waals surface area contributed by atoms with Crippen molar-refractivity contribution < 1.29 is 37.4 Å². The smallest absolute Gasteiger partial charge is 0.337 e. The van der Waals surface area contributed by atoms with Crippen LogP contribution in [0.5, 0.6) is 0 Å². The van der Waals surface area contributed by atoms with Crippen LogP contribution < -0.4 is 30.9 Å². The average Bonchev–Trinajstić information content (AvgIpc) is 4.00. The predicted molar refractivity (Wildman–Crippen MR) is 229 cm³/mol. The topological polar surface area (TPSA) is 153 Å². The predicted octanol–water partition coefficient (Wildman–Crippen LogP) is 6.38. The van der Waals surface area contributed by atoms with E-state index in [0.29, 0.717) is 84.2 Å². The molecule has 14 heteroatoms. The Balaban J connectivity index is 0.000000170. The Kier molecular flexibility index (Phi) is 12.2. The summed E-state index contributed by atoms with van der Waals surface area (Å²) < 4.78 is 33.7. The molecule has 1 N–H and O–H groups in total. The van der Waals surface area contributed by atoms with Gasteiger partial charge in [0.05, 0.1) is 67.6 Å². The number of methoxy groups -OCH3 is 2. The summed E-state index contributed by atoms with van der Waals surface area (Å²) in [5.74, 6) is 0.168. The molecule has 316 valence electrons. The van der Waals surface area contributed by atoms with Gasteiger partial charge in [-0.2, -0.15) is 0 Å². The van der Waals surface area contributed by atoms with E-state index in [1.807, 2.05) is 43.0 Å². The largest absolute Gasteiger partial charge is 0.465 e. The quantitative estimate of drug-likeness (QED) is 0.181. The van der Waals surface area contributed by atoms with E-state index in [9.17, 15) is 19.2 Å². The van der Waals surface area contributed by atoms with Gasteiger partial charge in [-0.15, -0.1) is 0 Å². The molecule has 0 aliphatic carbocycles. The van der Waals surface area contributed by atoms with Gasteiger partial charge in [0.15, 0.2) is 22.6 Å². The first-order chi connectivity index (χ1) is 29.1. The van der Waals surface area contributed by atoms with Crippen LogP contribution >= 0.6 is 0 Å². The molecule has 4 aliphatic heterocycles. The Morgan fingerprint density at radius 1 is 0.683 bits per heavy atom. The van der Waals surface area contributed by atoms with Gasteiger partial charge in [-0.25, -0.2) is 9.59 Å². The molecule has 4 aliphatic rings. The van der Waals surface area contributed by atoms with E-state index in [1.54, 1.807) is 18.2 Å². The number of nitrogens with zero attached hydrogens (tertiary/aromatic N) is 3. The number of carbonyl (C=O) groups is 2. The molecule has 4 saturated heterocycles. The van der Waals surface area contributed by atoms with Crippen LogP contribution in [0.15, 0.2) is 85.2 Å². The fourth-order valence-electron chi connectivity index (χ4n) is 8.84. The lowest BCUT2D eigenvalue weighted by molar-refractivity contribution is 0.0516. The molecule has 2 aromatic heterocycles. The van der Waals surface area contributed by atoms with E-state index in [0.717, 1.165) is 55.6 Å². The minimum atomic E-state index is -0.465. The lowest BCUT2D eigenvalue weighted by atomic mass is 9.98. The molecular weight excluding hydrogens is 769 g/mol. The number of para-hydroxylation sites is 1. The summed E-state index contributed by atoms with van der Waals surface area (Å²) in [7, 11) is 2.69. The fraction of sp³-hybridized carbons (Fsp3) is 0.435. The molecule has 60 heavy (non-hydrogen) atoms. The maximum Gasteiger partial charge on any atom is 0.337 e. The van der Waals surface area contributed by atoms with Crippen molar-refractivity contribution in [1.82, 2.24) is 5.32 Å². The van der Waals surface area contributed by atoms with Crippen molar-refractivity contribution in [3.63, 3.8) is 0 Å². The van der Waals surface area contributed by atoms with E-state index < -0.39 is 11.9 Å². The third-order valence-electron chi connectivity index (χ3n) is 11.8. The molecule has 0 bridgehead atoms. The van der Waals surface area contributed by atoms with Crippen LogP contribution in [0.1, 0.15) is 83.5 Å². The summed E-state index contributed by atoms with van der Waals surface area (Å²) in [6.07, 6.45) is 4.02. The molecule has 4 fully saturated rings. The van der Waals surface area contributed by atoms with Crippen molar-refractivity contribution in [2.45, 2.75) is 63.8 Å². The monoisotopic (exact) mass is 820 g/mol. The normalized spacial score (nSPS) is 21.8. The van der Waals surface area contributed by atoms with E-state index in [1.165, 1.54) is 26.4 Å². The van der Waals surface area contributed by atoms with Gasteiger partial charge in [0.2, 0.25) is 0 Å². The van der Waals surface area contributed by atoms with Gasteiger partial charge in [0, 0.05) is 67.7 Å². The summed E-state index contributed by atoms with van der Waals surface area (Å²) in [6, 6.07) is 20.0. The maximum absolute atomic E-state index is 13.2. The van der Waals surface area contributed by atoms with Crippen LogP contribution in [0.3, 0.4) is 0 Å². The molecule has 14 nitrogen and oxygen atoms in total. The second-order valence-corrected chi connectivity index (χ2v) is 15.9. The van der Waals surface area contributed by atoms with E-state index in [-0.39, 0.29) is 35.1 Å². The number of benzene rings is 3. The summed E-state index contributed by atoms with van der Waals surface area (Å²) >= 11 is 0. The first-order valence-electron chi connectivity index (χ1n) is 20.8. The van der Waals surface area contributed by atoms with Crippen LogP contribution in [0.4, 0.5) is 17.5 Å². The molecular formula is C46H52N4O10. The summed E-state index contributed by atoms with van der Waals surface area (Å²) in [5.41, 5.74) is 4.28. The maximum atomic E-state index is 13.2. The number of hydrogen-bond acceptors (Lipinski definition) is 14. The van der Waals surface area contributed by atoms with Crippen molar-refractivity contribution in [1.29, 1.82) is 0 Å². The number of fused-ring (bicyclic) bond motifs is 2. The lowest BCUT2D eigenvalue weighted by Gasteiger charge is -2.32. The molecule has 2 unspecified atom stereocenters. The zero-order chi connectivity index (χ0) is 41.9. The number of esters is 2. The molecule has 0 amide bonds. The average molecular weight is 821 g/mol. The van der Waals surface area contributed by atoms with Crippen LogP contribution in [0.25, 0.3) is 21.9 Å². The second kappa shape index (κ2) is 17.9. The highest BCUT2D eigenvalue weighted by molar-refractivity contribution is 5.96. The van der Waals surface area contributed by atoms with E-state index >= 15 is 0 Å². The number of ether oxygens (including phenoxy) is 4. The van der Waals surface area contributed by atoms with Crippen LogP contribution in [-0.2, 0) is 18.9 Å². The molecule has 9 rings (SSSR count). The zero-order valence-corrected chi connectivity index (χ0v) is 34.6. The van der Waals surface area contributed by atoms with Gasteiger partial charge in [0.25, 0.3) is 0 Å². The van der Waals surface area contributed by atoms with Crippen molar-refractivity contribution in [3.8, 4) is 0 Å². The third-order valence-corrected chi connectivity index (χ3v) is 11.8. The molecule has 6 heterocycles. The highest BCUT2D eigenvalue weighted by Gasteiger charge is 2.31. The van der Waals surface area contributed by atoms with Crippen LogP contribution in [0, 0.1) is 0 Å². The Morgan fingerprint density at radius 3 is 1.75 bits per heavy atom. The molecule has 0 radical (unpaired) electrons. The van der Waals surface area contributed by atoms with Gasteiger partial charge >= 0.3 is 11.9 Å². The van der Waals surface area contributed by atoms with Crippen molar-refractivity contribution in [3.05, 3.63) is 109 Å². The summed E-state index contributed by atoms with van der Waals surface area (Å²) in [5, 5.41) is 4.24. The highest BCUT2D eigenvalue weighted by Crippen LogP contribution is 2.40. The molecule has 5 aromatic rings. The van der Waals surface area contributed by atoms with Gasteiger partial charge in [-0.05, 0) is 82.5 Å². The lowest BCUT2D eigenvalue weighted by Crippen LogP contribution is -2.41. The van der Waals surface area contributed by atoms with Crippen LogP contribution in [0.2, 0.25) is 0 Å². The number of morpholine rings is 2. The van der Waals surface area contributed by atoms with E-state index in [4.69, 9.17) is 27.8 Å². The van der Waals surface area contributed by atoms with Crippen molar-refractivity contribution in [2.75, 3.05) is 81.4 Å². The van der Waals surface area contributed by atoms with Crippen molar-refractivity contribution in [2.24, 2.45) is 0 Å².